The number of hydrogen-bond acceptors (Lipinski definition) is 4. The average molecular weight is 329 g/mol. The van der Waals surface area contributed by atoms with Crippen LogP contribution in [0.15, 0.2) is 42.7 Å². The largest absolute Gasteiger partial charge is 0.481 e. The van der Waals surface area contributed by atoms with E-state index in [0.717, 1.165) is 18.4 Å². The molecule has 1 N–H and O–H groups in total. The highest BCUT2D eigenvalue weighted by Crippen LogP contribution is 2.23. The number of nitrogens with zero attached hydrogens (tertiary/aromatic N) is 3. The van der Waals surface area contributed by atoms with E-state index >= 15 is 0 Å². The second-order valence-electron chi connectivity index (χ2n) is 6.11. The monoisotopic (exact) mass is 329 g/mol. The number of carbonyl (C=O) groups excluding carboxylic acids is 1. The van der Waals surface area contributed by atoms with Gasteiger partial charge in [-0.15, -0.1) is 0 Å². The fourth-order valence-corrected chi connectivity index (χ4v) is 3.08. The van der Waals surface area contributed by atoms with Gasteiger partial charge in [0.1, 0.15) is 5.75 Å². The highest BCUT2D eigenvalue weighted by molar-refractivity contribution is 5.81. The van der Waals surface area contributed by atoms with Crippen molar-refractivity contribution in [1.82, 2.24) is 14.7 Å². The zero-order valence-corrected chi connectivity index (χ0v) is 13.8. The molecule has 0 radical (unpaired) electrons. The summed E-state index contributed by atoms with van der Waals surface area (Å²) in [5, 5.41) is 13.5. The second kappa shape index (κ2) is 7.49. The third-order valence-corrected chi connectivity index (χ3v) is 4.42. The Hall–Kier alpha value is -2.34. The summed E-state index contributed by atoms with van der Waals surface area (Å²) in [5.74, 6) is 0.608. The van der Waals surface area contributed by atoms with Crippen molar-refractivity contribution in [3.63, 3.8) is 0 Å². The number of hydrogen-bond donors (Lipinski definition) is 1. The molecule has 1 aromatic carbocycles. The van der Waals surface area contributed by atoms with Crippen LogP contribution >= 0.6 is 0 Å². The molecule has 1 atom stereocenters. The maximum absolute atomic E-state index is 12.6. The Bertz CT molecular complexity index is 664. The van der Waals surface area contributed by atoms with Crippen LogP contribution in [0.25, 0.3) is 0 Å². The highest BCUT2D eigenvalue weighted by Gasteiger charge is 2.27. The summed E-state index contributed by atoms with van der Waals surface area (Å²) in [6.45, 7) is 3.16. The second-order valence-corrected chi connectivity index (χ2v) is 6.11. The Morgan fingerprint density at radius 2 is 2.17 bits per heavy atom. The number of amides is 1. The minimum atomic E-state index is -0.541. The highest BCUT2D eigenvalue weighted by atomic mass is 16.5. The number of carbonyl (C=O) groups is 1. The first-order valence-corrected chi connectivity index (χ1v) is 8.31. The van der Waals surface area contributed by atoms with Crippen LogP contribution in [0, 0.1) is 0 Å². The summed E-state index contributed by atoms with van der Waals surface area (Å²) in [4.78, 5) is 14.4. The van der Waals surface area contributed by atoms with Gasteiger partial charge < -0.3 is 14.7 Å². The van der Waals surface area contributed by atoms with Crippen LogP contribution in [0.5, 0.6) is 5.75 Å². The normalized spacial score (nSPS) is 16.8. The van der Waals surface area contributed by atoms with Crippen LogP contribution in [0.2, 0.25) is 0 Å². The van der Waals surface area contributed by atoms with Crippen molar-refractivity contribution >= 4 is 5.91 Å². The van der Waals surface area contributed by atoms with E-state index in [0.29, 0.717) is 24.9 Å². The topological polar surface area (TPSA) is 67.6 Å². The van der Waals surface area contributed by atoms with Crippen molar-refractivity contribution in [3.8, 4) is 5.75 Å². The molecule has 2 aromatic rings. The van der Waals surface area contributed by atoms with Crippen LogP contribution in [0.1, 0.15) is 31.4 Å². The van der Waals surface area contributed by atoms with E-state index in [1.807, 2.05) is 34.0 Å². The number of aliphatic hydroxyl groups excluding tert-OH is 1. The minimum Gasteiger partial charge on any atom is -0.481 e. The molecule has 128 valence electrons. The molecule has 1 aliphatic heterocycles. The van der Waals surface area contributed by atoms with E-state index in [9.17, 15) is 9.90 Å². The predicted molar refractivity (Wildman–Crippen MR) is 89.5 cm³/mol. The smallest absolute Gasteiger partial charge is 0.263 e. The standard InChI is InChI=1S/C18H23N3O3/c1-14(24-17-5-2-4-15(12-17)13-22)18(23)20-10-6-16(7-11-20)21-9-3-8-19-21/h2-5,8-9,12,14,16,22H,6-7,10-11,13H2,1H3. The van der Waals surface area contributed by atoms with Crippen molar-refractivity contribution < 1.29 is 14.6 Å². The Balaban J connectivity index is 1.54. The SMILES string of the molecule is CC(Oc1cccc(CO)c1)C(=O)N1CCC(n2cccn2)CC1. The van der Waals surface area contributed by atoms with Crippen molar-refractivity contribution in [2.24, 2.45) is 0 Å². The third-order valence-electron chi connectivity index (χ3n) is 4.42. The number of benzene rings is 1. The van der Waals surface area contributed by atoms with Gasteiger partial charge in [0, 0.05) is 25.5 Å². The number of piperidine rings is 1. The summed E-state index contributed by atoms with van der Waals surface area (Å²) in [6, 6.07) is 9.48. The molecule has 0 spiro atoms. The molecule has 1 aliphatic rings. The molecule has 6 heteroatoms. The first-order chi connectivity index (χ1) is 11.7. The van der Waals surface area contributed by atoms with Gasteiger partial charge in [0.25, 0.3) is 5.91 Å². The maximum atomic E-state index is 12.6. The predicted octanol–water partition coefficient (Wildman–Crippen LogP) is 2.01. The lowest BCUT2D eigenvalue weighted by Gasteiger charge is -2.33. The molecule has 24 heavy (non-hydrogen) atoms. The van der Waals surface area contributed by atoms with Gasteiger partial charge in [0.05, 0.1) is 12.6 Å². The Morgan fingerprint density at radius 1 is 1.38 bits per heavy atom. The molecule has 3 rings (SSSR count). The average Bonchev–Trinajstić information content (AvgIpc) is 3.16. The molecule has 1 fully saturated rings. The Labute approximate surface area is 141 Å². The molecule has 0 bridgehead atoms. The first-order valence-electron chi connectivity index (χ1n) is 8.31. The molecule has 1 saturated heterocycles. The van der Waals surface area contributed by atoms with Gasteiger partial charge in [-0.3, -0.25) is 9.48 Å². The molecule has 0 aliphatic carbocycles. The van der Waals surface area contributed by atoms with Crippen molar-refractivity contribution in [2.45, 2.75) is 38.5 Å². The summed E-state index contributed by atoms with van der Waals surface area (Å²) >= 11 is 0. The fourth-order valence-electron chi connectivity index (χ4n) is 3.08. The van der Waals surface area contributed by atoms with Gasteiger partial charge in [0.15, 0.2) is 6.10 Å². The Kier molecular flexibility index (Phi) is 5.15. The molecule has 1 amide bonds. The van der Waals surface area contributed by atoms with E-state index in [4.69, 9.17) is 4.74 Å². The molecule has 6 nitrogen and oxygen atoms in total. The van der Waals surface area contributed by atoms with Crippen LogP contribution in [0.3, 0.4) is 0 Å². The van der Waals surface area contributed by atoms with E-state index < -0.39 is 6.10 Å². The number of rotatable bonds is 5. The van der Waals surface area contributed by atoms with Gasteiger partial charge in [-0.25, -0.2) is 0 Å². The van der Waals surface area contributed by atoms with E-state index in [1.54, 1.807) is 25.3 Å². The zero-order chi connectivity index (χ0) is 16.9. The molecule has 0 saturated carbocycles. The van der Waals surface area contributed by atoms with Crippen molar-refractivity contribution in [3.05, 3.63) is 48.3 Å². The third kappa shape index (κ3) is 3.76. The van der Waals surface area contributed by atoms with Gasteiger partial charge >= 0.3 is 0 Å². The number of likely N-dealkylation sites (tertiary alicyclic amines) is 1. The van der Waals surface area contributed by atoms with Gasteiger partial charge in [-0.2, -0.15) is 5.10 Å². The van der Waals surface area contributed by atoms with Crippen LogP contribution in [-0.2, 0) is 11.4 Å². The minimum absolute atomic E-state index is 0.00307. The van der Waals surface area contributed by atoms with Crippen molar-refractivity contribution in [2.75, 3.05) is 13.1 Å². The van der Waals surface area contributed by atoms with E-state index in [1.165, 1.54) is 0 Å². The van der Waals surface area contributed by atoms with Crippen LogP contribution in [0.4, 0.5) is 0 Å². The quantitative estimate of drug-likeness (QED) is 0.911. The van der Waals surface area contributed by atoms with E-state index in [2.05, 4.69) is 5.10 Å². The lowest BCUT2D eigenvalue weighted by atomic mass is 10.0. The first kappa shape index (κ1) is 16.5. The summed E-state index contributed by atoms with van der Waals surface area (Å²) in [5.41, 5.74) is 0.771. The van der Waals surface area contributed by atoms with Crippen LogP contribution in [-0.4, -0.2) is 44.9 Å². The number of ether oxygens (including phenoxy) is 1. The molecular weight excluding hydrogens is 306 g/mol. The lowest BCUT2D eigenvalue weighted by molar-refractivity contribution is -0.139. The fraction of sp³-hybridized carbons (Fsp3) is 0.444. The zero-order valence-electron chi connectivity index (χ0n) is 13.8. The molecule has 1 aromatic heterocycles. The van der Waals surface area contributed by atoms with Crippen molar-refractivity contribution in [1.29, 1.82) is 0 Å². The number of aliphatic hydroxyl groups is 1. The summed E-state index contributed by atoms with van der Waals surface area (Å²) in [7, 11) is 0. The van der Waals surface area contributed by atoms with Gasteiger partial charge in [0.2, 0.25) is 0 Å². The summed E-state index contributed by atoms with van der Waals surface area (Å²) < 4.78 is 7.73. The van der Waals surface area contributed by atoms with E-state index in [-0.39, 0.29) is 12.5 Å². The van der Waals surface area contributed by atoms with Gasteiger partial charge in [-0.05, 0) is 43.5 Å². The van der Waals surface area contributed by atoms with Gasteiger partial charge in [-0.1, -0.05) is 12.1 Å². The molecular formula is C18H23N3O3. The summed E-state index contributed by atoms with van der Waals surface area (Å²) in [6.07, 6.45) is 5.02. The Morgan fingerprint density at radius 3 is 2.83 bits per heavy atom. The molecule has 1 unspecified atom stereocenters. The van der Waals surface area contributed by atoms with Crippen LogP contribution < -0.4 is 4.74 Å². The molecule has 2 heterocycles. The maximum Gasteiger partial charge on any atom is 0.263 e. The lowest BCUT2D eigenvalue weighted by Crippen LogP contribution is -2.45. The number of aromatic nitrogens is 2.